The fourth-order valence-electron chi connectivity index (χ4n) is 3.20. The van der Waals surface area contributed by atoms with Gasteiger partial charge in [0.1, 0.15) is 6.34 Å². The molecule has 0 heterocycles. The lowest BCUT2D eigenvalue weighted by Gasteiger charge is -2.13. The van der Waals surface area contributed by atoms with Crippen LogP contribution in [0.2, 0.25) is 0 Å². The summed E-state index contributed by atoms with van der Waals surface area (Å²) in [6, 6.07) is 19.2. The van der Waals surface area contributed by atoms with Gasteiger partial charge in [-0.3, -0.25) is 0 Å². The maximum absolute atomic E-state index is 5.23. The highest BCUT2D eigenvalue weighted by Gasteiger charge is 2.11. The Morgan fingerprint density at radius 3 is 2.26 bits per heavy atom. The second-order valence-corrected chi connectivity index (χ2v) is 5.46. The van der Waals surface area contributed by atoms with Crippen molar-refractivity contribution >= 4 is 50.7 Å². The zero-order valence-corrected chi connectivity index (χ0v) is 12.5. The molecule has 0 unspecified atom stereocenters. The predicted molar refractivity (Wildman–Crippen MR) is 100 cm³/mol. The minimum atomic E-state index is 0.675. The lowest BCUT2D eigenvalue weighted by molar-refractivity contribution is 1.54. The largest absolute Gasteiger partial charge is 0.390 e. The van der Waals surface area contributed by atoms with Gasteiger partial charge in [-0.25, -0.2) is 9.98 Å². The van der Waals surface area contributed by atoms with Crippen molar-refractivity contribution in [2.24, 2.45) is 15.7 Å². The molecule has 4 rings (SSSR count). The quantitative estimate of drug-likeness (QED) is 0.336. The Balaban J connectivity index is 2.05. The first kappa shape index (κ1) is 13.5. The van der Waals surface area contributed by atoms with Gasteiger partial charge in [-0.05, 0) is 32.3 Å². The zero-order valence-electron chi connectivity index (χ0n) is 12.5. The normalized spacial score (nSPS) is 12.3. The molecule has 4 aromatic rings. The smallest absolute Gasteiger partial charge is 0.117 e. The van der Waals surface area contributed by atoms with Gasteiger partial charge in [-0.2, -0.15) is 0 Å². The van der Waals surface area contributed by atoms with Crippen molar-refractivity contribution in [3.63, 3.8) is 0 Å². The fraction of sp³-hybridized carbons (Fsp3) is 0. The number of hydrogen-bond donors (Lipinski definition) is 1. The average molecular weight is 297 g/mol. The minimum absolute atomic E-state index is 0.675. The van der Waals surface area contributed by atoms with Crippen molar-refractivity contribution in [2.75, 3.05) is 0 Å². The molecule has 0 saturated carbocycles. The van der Waals surface area contributed by atoms with Crippen LogP contribution in [-0.2, 0) is 0 Å². The van der Waals surface area contributed by atoms with Crippen molar-refractivity contribution < 1.29 is 0 Å². The molecule has 0 aliphatic carbocycles. The van der Waals surface area contributed by atoms with Gasteiger partial charge in [0.05, 0.1) is 12.0 Å². The van der Waals surface area contributed by atoms with Gasteiger partial charge < -0.3 is 5.73 Å². The molecule has 0 amide bonds. The molecule has 2 N–H and O–H groups in total. The molecule has 3 nitrogen and oxygen atoms in total. The van der Waals surface area contributed by atoms with Gasteiger partial charge in [0.15, 0.2) is 0 Å². The maximum Gasteiger partial charge on any atom is 0.117 e. The third-order valence-corrected chi connectivity index (χ3v) is 4.21. The van der Waals surface area contributed by atoms with E-state index < -0.39 is 0 Å². The monoisotopic (exact) mass is 297 g/mol. The van der Waals surface area contributed by atoms with Crippen LogP contribution in [0.3, 0.4) is 0 Å². The van der Waals surface area contributed by atoms with E-state index in [-0.39, 0.29) is 0 Å². The van der Waals surface area contributed by atoms with Crippen molar-refractivity contribution in [3.8, 4) is 0 Å². The number of rotatable bonds is 3. The van der Waals surface area contributed by atoms with Crippen LogP contribution in [0.1, 0.15) is 5.56 Å². The van der Waals surface area contributed by atoms with Crippen LogP contribution in [0, 0.1) is 0 Å². The first-order valence-corrected chi connectivity index (χ1v) is 7.41. The molecule has 23 heavy (non-hydrogen) atoms. The van der Waals surface area contributed by atoms with E-state index >= 15 is 0 Å². The number of aliphatic imine (C=N–C) groups is 2. The number of nitrogens with zero attached hydrogens (tertiary/aromatic N) is 2. The Kier molecular flexibility index (Phi) is 3.05. The number of nitrogens with two attached hydrogens (primary N) is 1. The summed E-state index contributed by atoms with van der Waals surface area (Å²) >= 11 is 0. The third-order valence-electron chi connectivity index (χ3n) is 4.21. The molecule has 0 fully saturated rings. The van der Waals surface area contributed by atoms with Gasteiger partial charge in [-0.15, -0.1) is 0 Å². The highest BCUT2D eigenvalue weighted by molar-refractivity contribution is 6.24. The molecule has 110 valence electrons. The van der Waals surface area contributed by atoms with Crippen LogP contribution >= 0.6 is 0 Å². The molecule has 4 aromatic carbocycles. The molecular formula is C20H15N3. The summed E-state index contributed by atoms with van der Waals surface area (Å²) in [6.07, 6.45) is 2.63. The lowest BCUT2D eigenvalue weighted by atomic mass is 9.91. The van der Waals surface area contributed by atoms with E-state index in [1.54, 1.807) is 0 Å². The average Bonchev–Trinajstić information content (AvgIpc) is 2.59. The SMILES string of the molecule is C=C(/N=C\N=C/N)c1ccc2ccc3cccc4ccc1c2c34. The van der Waals surface area contributed by atoms with Crippen molar-refractivity contribution in [2.45, 2.75) is 0 Å². The molecule has 0 radical (unpaired) electrons. The second-order valence-electron chi connectivity index (χ2n) is 5.46. The van der Waals surface area contributed by atoms with Crippen LogP contribution in [0.5, 0.6) is 0 Å². The third kappa shape index (κ3) is 2.06. The molecule has 0 atom stereocenters. The van der Waals surface area contributed by atoms with E-state index in [4.69, 9.17) is 5.73 Å². The van der Waals surface area contributed by atoms with Gasteiger partial charge in [0.2, 0.25) is 0 Å². The molecule has 0 spiro atoms. The Bertz CT molecular complexity index is 1070. The Labute approximate surface area is 133 Å². The van der Waals surface area contributed by atoms with Gasteiger partial charge in [0.25, 0.3) is 0 Å². The fourth-order valence-corrected chi connectivity index (χ4v) is 3.20. The molecule has 0 aliphatic heterocycles. The molecule has 0 bridgehead atoms. The topological polar surface area (TPSA) is 50.7 Å². The Morgan fingerprint density at radius 2 is 1.52 bits per heavy atom. The van der Waals surface area contributed by atoms with Crippen LogP contribution in [0.4, 0.5) is 0 Å². The first-order chi connectivity index (χ1) is 11.3. The van der Waals surface area contributed by atoms with Crippen LogP contribution in [-0.4, -0.2) is 12.7 Å². The van der Waals surface area contributed by atoms with E-state index in [9.17, 15) is 0 Å². The molecule has 0 aliphatic rings. The highest BCUT2D eigenvalue weighted by atomic mass is 14.9. The van der Waals surface area contributed by atoms with Gasteiger partial charge in [0, 0.05) is 5.56 Å². The Hall–Kier alpha value is -3.20. The molecular weight excluding hydrogens is 282 g/mol. The minimum Gasteiger partial charge on any atom is -0.390 e. The first-order valence-electron chi connectivity index (χ1n) is 7.41. The molecule has 0 saturated heterocycles. The lowest BCUT2D eigenvalue weighted by Crippen LogP contribution is -1.90. The summed E-state index contributed by atoms with van der Waals surface area (Å²) in [5.74, 6) is 0. The summed E-state index contributed by atoms with van der Waals surface area (Å²) in [6.45, 7) is 4.07. The van der Waals surface area contributed by atoms with E-state index in [0.717, 1.165) is 10.9 Å². The second kappa shape index (κ2) is 5.21. The van der Waals surface area contributed by atoms with E-state index in [1.807, 2.05) is 0 Å². The van der Waals surface area contributed by atoms with E-state index in [0.29, 0.717) is 5.70 Å². The van der Waals surface area contributed by atoms with E-state index in [2.05, 4.69) is 71.2 Å². The van der Waals surface area contributed by atoms with Crippen LogP contribution < -0.4 is 5.73 Å². The standard InChI is InChI=1S/C20H15N3/c1-13(23-12-22-11-21)17-9-7-16-6-5-14-3-2-4-15-8-10-18(17)20(16)19(14)15/h2-12H,1H2,(H2,21,22,23). The molecule has 3 heteroatoms. The summed E-state index contributed by atoms with van der Waals surface area (Å²) in [7, 11) is 0. The summed E-state index contributed by atoms with van der Waals surface area (Å²) in [5, 5.41) is 7.44. The number of benzene rings is 4. The maximum atomic E-state index is 5.23. The predicted octanol–water partition coefficient (Wildman–Crippen LogP) is 4.57. The zero-order chi connectivity index (χ0) is 15.8. The van der Waals surface area contributed by atoms with Gasteiger partial charge >= 0.3 is 0 Å². The molecule has 0 aromatic heterocycles. The van der Waals surface area contributed by atoms with Crippen molar-refractivity contribution in [3.05, 3.63) is 66.7 Å². The van der Waals surface area contributed by atoms with E-state index in [1.165, 1.54) is 39.6 Å². The van der Waals surface area contributed by atoms with Crippen LogP contribution in [0.15, 0.2) is 71.2 Å². The Morgan fingerprint density at radius 1 is 0.870 bits per heavy atom. The number of hydrogen-bond acceptors (Lipinski definition) is 1. The van der Waals surface area contributed by atoms with Gasteiger partial charge in [-0.1, -0.05) is 61.2 Å². The van der Waals surface area contributed by atoms with Crippen molar-refractivity contribution in [1.82, 2.24) is 0 Å². The van der Waals surface area contributed by atoms with Crippen molar-refractivity contribution in [1.29, 1.82) is 0 Å². The summed E-state index contributed by atoms with van der Waals surface area (Å²) in [5.41, 5.74) is 6.92. The summed E-state index contributed by atoms with van der Waals surface area (Å²) < 4.78 is 0. The summed E-state index contributed by atoms with van der Waals surface area (Å²) in [4.78, 5) is 8.07. The highest BCUT2D eigenvalue weighted by Crippen LogP contribution is 2.37. The van der Waals surface area contributed by atoms with Crippen LogP contribution in [0.25, 0.3) is 38.0 Å².